The third kappa shape index (κ3) is 4.04. The molecule has 1 aromatic rings. The van der Waals surface area contributed by atoms with Crippen molar-refractivity contribution in [3.8, 4) is 0 Å². The van der Waals surface area contributed by atoms with Crippen LogP contribution in [0.5, 0.6) is 0 Å². The Morgan fingerprint density at radius 2 is 1.90 bits per heavy atom. The van der Waals surface area contributed by atoms with E-state index in [-0.39, 0.29) is 17.7 Å². The Morgan fingerprint density at radius 1 is 1.24 bits per heavy atom. The molecule has 5 nitrogen and oxygen atoms in total. The van der Waals surface area contributed by atoms with Crippen molar-refractivity contribution in [3.05, 3.63) is 35.4 Å². The van der Waals surface area contributed by atoms with Gasteiger partial charge in [-0.1, -0.05) is 24.3 Å². The SMILES string of the molecule is COCc1ccccc1CNC(=O)C1CCC(C(=O)O)C1. The number of rotatable bonds is 6. The molecule has 0 heterocycles. The lowest BCUT2D eigenvalue weighted by molar-refractivity contribution is -0.141. The molecule has 0 radical (unpaired) electrons. The summed E-state index contributed by atoms with van der Waals surface area (Å²) in [5.74, 6) is -1.40. The zero-order chi connectivity index (χ0) is 15.2. The number of aliphatic carboxylic acids is 1. The fourth-order valence-corrected chi connectivity index (χ4v) is 2.80. The van der Waals surface area contributed by atoms with Gasteiger partial charge in [0.1, 0.15) is 0 Å². The van der Waals surface area contributed by atoms with E-state index in [1.165, 1.54) is 0 Å². The van der Waals surface area contributed by atoms with Gasteiger partial charge in [-0.2, -0.15) is 0 Å². The van der Waals surface area contributed by atoms with E-state index in [0.29, 0.717) is 32.4 Å². The average molecular weight is 291 g/mol. The second kappa shape index (κ2) is 7.22. The Kier molecular flexibility index (Phi) is 5.33. The highest BCUT2D eigenvalue weighted by atomic mass is 16.5. The van der Waals surface area contributed by atoms with Crippen LogP contribution in [0.1, 0.15) is 30.4 Å². The molecule has 2 rings (SSSR count). The van der Waals surface area contributed by atoms with E-state index in [0.717, 1.165) is 11.1 Å². The molecule has 1 aromatic carbocycles. The number of hydrogen-bond acceptors (Lipinski definition) is 3. The van der Waals surface area contributed by atoms with Crippen molar-refractivity contribution in [1.82, 2.24) is 5.32 Å². The van der Waals surface area contributed by atoms with Crippen molar-refractivity contribution in [2.24, 2.45) is 11.8 Å². The number of carboxylic acids is 1. The molecule has 0 aliphatic heterocycles. The van der Waals surface area contributed by atoms with Crippen molar-refractivity contribution in [2.45, 2.75) is 32.4 Å². The number of benzene rings is 1. The number of amides is 1. The van der Waals surface area contributed by atoms with Gasteiger partial charge < -0.3 is 15.2 Å². The predicted octanol–water partition coefficient (Wildman–Crippen LogP) is 1.95. The van der Waals surface area contributed by atoms with Crippen molar-refractivity contribution in [2.75, 3.05) is 7.11 Å². The van der Waals surface area contributed by atoms with Crippen LogP contribution in [0.15, 0.2) is 24.3 Å². The lowest BCUT2D eigenvalue weighted by Gasteiger charge is -2.13. The molecular formula is C16H21NO4. The summed E-state index contributed by atoms with van der Waals surface area (Å²) in [6.45, 7) is 0.961. The van der Waals surface area contributed by atoms with Crippen LogP contribution in [0.3, 0.4) is 0 Å². The van der Waals surface area contributed by atoms with Gasteiger partial charge in [-0.15, -0.1) is 0 Å². The third-order valence-corrected chi connectivity index (χ3v) is 4.02. The van der Waals surface area contributed by atoms with Gasteiger partial charge in [0, 0.05) is 19.6 Å². The molecule has 0 saturated heterocycles. The van der Waals surface area contributed by atoms with E-state index in [4.69, 9.17) is 9.84 Å². The average Bonchev–Trinajstić information content (AvgIpc) is 2.96. The van der Waals surface area contributed by atoms with Crippen molar-refractivity contribution >= 4 is 11.9 Å². The first-order valence-electron chi connectivity index (χ1n) is 7.18. The maximum absolute atomic E-state index is 12.1. The summed E-state index contributed by atoms with van der Waals surface area (Å²) in [4.78, 5) is 23.0. The van der Waals surface area contributed by atoms with Crippen molar-refractivity contribution in [1.29, 1.82) is 0 Å². The molecule has 114 valence electrons. The number of nitrogens with one attached hydrogen (secondary N) is 1. The largest absolute Gasteiger partial charge is 0.481 e. The molecule has 0 aromatic heterocycles. The highest BCUT2D eigenvalue weighted by Gasteiger charge is 2.33. The quantitative estimate of drug-likeness (QED) is 0.840. The monoisotopic (exact) mass is 291 g/mol. The number of hydrogen-bond donors (Lipinski definition) is 2. The molecule has 0 spiro atoms. The zero-order valence-corrected chi connectivity index (χ0v) is 12.2. The van der Waals surface area contributed by atoms with Crippen LogP contribution in [0, 0.1) is 11.8 Å². The van der Waals surface area contributed by atoms with Gasteiger partial charge in [-0.25, -0.2) is 0 Å². The van der Waals surface area contributed by atoms with Gasteiger partial charge in [0.15, 0.2) is 0 Å². The van der Waals surface area contributed by atoms with E-state index in [2.05, 4.69) is 5.32 Å². The number of ether oxygens (including phenoxy) is 1. The second-order valence-electron chi connectivity index (χ2n) is 5.46. The molecule has 1 aliphatic carbocycles. The first-order chi connectivity index (χ1) is 10.1. The van der Waals surface area contributed by atoms with Gasteiger partial charge in [0.25, 0.3) is 0 Å². The van der Waals surface area contributed by atoms with E-state index < -0.39 is 5.97 Å². The summed E-state index contributed by atoms with van der Waals surface area (Å²) in [7, 11) is 1.64. The summed E-state index contributed by atoms with van der Waals surface area (Å²) >= 11 is 0. The van der Waals surface area contributed by atoms with E-state index in [1.807, 2.05) is 24.3 Å². The molecule has 1 amide bonds. The zero-order valence-electron chi connectivity index (χ0n) is 12.2. The first kappa shape index (κ1) is 15.5. The molecule has 2 atom stereocenters. The lowest BCUT2D eigenvalue weighted by Crippen LogP contribution is -2.29. The first-order valence-corrected chi connectivity index (χ1v) is 7.18. The maximum atomic E-state index is 12.1. The number of carboxylic acid groups (broad SMARTS) is 1. The Morgan fingerprint density at radius 3 is 2.52 bits per heavy atom. The van der Waals surface area contributed by atoms with Crippen LogP contribution < -0.4 is 5.32 Å². The molecule has 2 N–H and O–H groups in total. The second-order valence-corrected chi connectivity index (χ2v) is 5.46. The summed E-state index contributed by atoms with van der Waals surface area (Å²) < 4.78 is 5.14. The third-order valence-electron chi connectivity index (χ3n) is 4.02. The molecule has 21 heavy (non-hydrogen) atoms. The van der Waals surface area contributed by atoms with Crippen LogP contribution in [0.25, 0.3) is 0 Å². The molecule has 0 bridgehead atoms. The van der Waals surface area contributed by atoms with Crippen molar-refractivity contribution < 1.29 is 19.4 Å². The van der Waals surface area contributed by atoms with Crippen LogP contribution in [-0.4, -0.2) is 24.1 Å². The van der Waals surface area contributed by atoms with Crippen LogP contribution in [-0.2, 0) is 27.5 Å². The smallest absolute Gasteiger partial charge is 0.306 e. The molecule has 1 fully saturated rings. The van der Waals surface area contributed by atoms with E-state index in [1.54, 1.807) is 7.11 Å². The van der Waals surface area contributed by atoms with Gasteiger partial charge in [-0.3, -0.25) is 9.59 Å². The Bertz CT molecular complexity index is 515. The minimum Gasteiger partial charge on any atom is -0.481 e. The van der Waals surface area contributed by atoms with Gasteiger partial charge in [0.05, 0.1) is 12.5 Å². The van der Waals surface area contributed by atoms with Gasteiger partial charge in [-0.05, 0) is 30.4 Å². The maximum Gasteiger partial charge on any atom is 0.306 e. The summed E-state index contributed by atoms with van der Waals surface area (Å²) in [6.07, 6.45) is 1.69. The fraction of sp³-hybridized carbons (Fsp3) is 0.500. The fourth-order valence-electron chi connectivity index (χ4n) is 2.80. The standard InChI is InChI=1S/C16H21NO4/c1-21-10-14-5-3-2-4-13(14)9-17-15(18)11-6-7-12(8-11)16(19)20/h2-5,11-12H,6-10H2,1H3,(H,17,18)(H,19,20). The highest BCUT2D eigenvalue weighted by molar-refractivity contribution is 5.80. The Hall–Kier alpha value is -1.88. The van der Waals surface area contributed by atoms with E-state index in [9.17, 15) is 9.59 Å². The minimum absolute atomic E-state index is 0.0500. The number of carbonyl (C=O) groups excluding carboxylic acids is 1. The van der Waals surface area contributed by atoms with Crippen molar-refractivity contribution in [3.63, 3.8) is 0 Å². The van der Waals surface area contributed by atoms with Gasteiger partial charge in [0.2, 0.25) is 5.91 Å². The molecule has 1 aliphatic rings. The number of carbonyl (C=O) groups is 2. The summed E-state index contributed by atoms with van der Waals surface area (Å²) in [6, 6.07) is 7.80. The highest BCUT2D eigenvalue weighted by Crippen LogP contribution is 2.31. The molecule has 2 unspecified atom stereocenters. The summed E-state index contributed by atoms with van der Waals surface area (Å²) in [5.41, 5.74) is 2.08. The topological polar surface area (TPSA) is 75.6 Å². The summed E-state index contributed by atoms with van der Waals surface area (Å²) in [5, 5.41) is 11.9. The molecular weight excluding hydrogens is 270 g/mol. The molecule has 1 saturated carbocycles. The van der Waals surface area contributed by atoms with Crippen LogP contribution in [0.2, 0.25) is 0 Å². The Labute approximate surface area is 124 Å². The normalized spacial score (nSPS) is 21.2. The number of methoxy groups -OCH3 is 1. The minimum atomic E-state index is -0.796. The molecule has 5 heteroatoms. The lowest BCUT2D eigenvalue weighted by atomic mass is 10.0. The van der Waals surface area contributed by atoms with Gasteiger partial charge >= 0.3 is 5.97 Å². The van der Waals surface area contributed by atoms with Crippen LogP contribution >= 0.6 is 0 Å². The van der Waals surface area contributed by atoms with E-state index >= 15 is 0 Å². The predicted molar refractivity (Wildman–Crippen MR) is 77.5 cm³/mol. The Balaban J connectivity index is 1.89. The van der Waals surface area contributed by atoms with Crippen LogP contribution in [0.4, 0.5) is 0 Å².